The zero-order valence-electron chi connectivity index (χ0n) is 18.4. The molecule has 0 aliphatic carbocycles. The number of benzene rings is 3. The van der Waals surface area contributed by atoms with E-state index < -0.39 is 0 Å². The van der Waals surface area contributed by atoms with Crippen LogP contribution in [0.25, 0.3) is 11.0 Å². The predicted molar refractivity (Wildman–Crippen MR) is 128 cm³/mol. The topological polar surface area (TPSA) is 45.5 Å². The molecule has 0 radical (unpaired) electrons. The van der Waals surface area contributed by atoms with Crippen LogP contribution < -0.4 is 14.2 Å². The maximum Gasteiger partial charge on any atom is 0.147 e. The number of imidazole rings is 1. The van der Waals surface area contributed by atoms with Gasteiger partial charge in [-0.1, -0.05) is 42.5 Å². The minimum absolute atomic E-state index is 0.380. The minimum atomic E-state index is 0.380. The molecule has 0 aliphatic heterocycles. The van der Waals surface area contributed by atoms with Crippen molar-refractivity contribution in [1.82, 2.24) is 9.55 Å². The smallest absolute Gasteiger partial charge is 0.147 e. The molecule has 0 saturated carbocycles. The Bertz CT molecular complexity index is 1180. The number of rotatable bonds is 11. The van der Waals surface area contributed by atoms with Gasteiger partial charge in [0.1, 0.15) is 29.7 Å². The van der Waals surface area contributed by atoms with Crippen molar-refractivity contribution in [2.45, 2.75) is 26.0 Å². The van der Waals surface area contributed by atoms with Gasteiger partial charge < -0.3 is 18.8 Å². The second-order valence-electron chi connectivity index (χ2n) is 7.44. The highest BCUT2D eigenvalue weighted by Gasteiger charge is 2.11. The number of ether oxygens (including phenoxy) is 3. The summed E-state index contributed by atoms with van der Waals surface area (Å²) >= 11 is 0. The Morgan fingerprint density at radius 3 is 2.62 bits per heavy atom. The molecule has 32 heavy (non-hydrogen) atoms. The molecular formula is C27H28N2O3. The Hall–Kier alpha value is -3.73. The average Bonchev–Trinajstić information content (AvgIpc) is 3.19. The van der Waals surface area contributed by atoms with Crippen LogP contribution in [0.3, 0.4) is 0 Å². The first-order valence-corrected chi connectivity index (χ1v) is 10.8. The number of aromatic nitrogens is 2. The van der Waals surface area contributed by atoms with Crippen molar-refractivity contribution >= 4 is 11.0 Å². The Balaban J connectivity index is 1.44. The van der Waals surface area contributed by atoms with E-state index in [4.69, 9.17) is 19.2 Å². The molecule has 164 valence electrons. The molecule has 0 saturated heterocycles. The first-order chi connectivity index (χ1) is 15.8. The molecule has 1 heterocycles. The van der Waals surface area contributed by atoms with Gasteiger partial charge >= 0.3 is 0 Å². The fraction of sp³-hybridized carbons (Fsp3) is 0.222. The minimum Gasteiger partial charge on any atom is -0.497 e. The van der Waals surface area contributed by atoms with Crippen molar-refractivity contribution in [1.29, 1.82) is 0 Å². The molecule has 4 aromatic rings. The number of aryl methyl sites for hydroxylation is 1. The number of methoxy groups -OCH3 is 1. The van der Waals surface area contributed by atoms with Gasteiger partial charge in [0.05, 0.1) is 24.8 Å². The summed E-state index contributed by atoms with van der Waals surface area (Å²) in [5.41, 5.74) is 3.22. The second-order valence-corrected chi connectivity index (χ2v) is 7.44. The molecule has 4 rings (SSSR count). The molecule has 0 fully saturated rings. The molecule has 3 aromatic carbocycles. The zero-order valence-corrected chi connectivity index (χ0v) is 18.4. The third-order valence-corrected chi connectivity index (χ3v) is 5.26. The molecule has 1 aromatic heterocycles. The number of para-hydroxylation sites is 3. The molecule has 0 atom stereocenters. The molecule has 0 unspecified atom stereocenters. The monoisotopic (exact) mass is 428 g/mol. The molecule has 0 bridgehead atoms. The first kappa shape index (κ1) is 21.5. The van der Waals surface area contributed by atoms with Crippen LogP contribution in [0.15, 0.2) is 85.5 Å². The van der Waals surface area contributed by atoms with Crippen LogP contribution in [-0.2, 0) is 19.6 Å². The number of hydrogen-bond acceptors (Lipinski definition) is 4. The third-order valence-electron chi connectivity index (χ3n) is 5.26. The Labute approximate surface area is 188 Å². The van der Waals surface area contributed by atoms with Gasteiger partial charge in [-0.25, -0.2) is 4.98 Å². The van der Waals surface area contributed by atoms with E-state index >= 15 is 0 Å². The number of hydrogen-bond donors (Lipinski definition) is 0. The largest absolute Gasteiger partial charge is 0.497 e. The van der Waals surface area contributed by atoms with Gasteiger partial charge in [0.2, 0.25) is 0 Å². The lowest BCUT2D eigenvalue weighted by Crippen LogP contribution is -2.10. The molecule has 0 amide bonds. The summed E-state index contributed by atoms with van der Waals surface area (Å²) in [6.45, 7) is 5.62. The number of fused-ring (bicyclic) bond motifs is 1. The Morgan fingerprint density at radius 1 is 0.938 bits per heavy atom. The summed E-state index contributed by atoms with van der Waals surface area (Å²) in [5.74, 6) is 3.33. The van der Waals surface area contributed by atoms with Gasteiger partial charge in [-0.3, -0.25) is 0 Å². The summed E-state index contributed by atoms with van der Waals surface area (Å²) in [6.07, 6.45) is 3.55. The van der Waals surface area contributed by atoms with Crippen molar-refractivity contribution in [2.24, 2.45) is 0 Å². The van der Waals surface area contributed by atoms with Gasteiger partial charge in [-0.15, -0.1) is 6.58 Å². The number of nitrogens with zero attached hydrogens (tertiary/aromatic N) is 2. The highest BCUT2D eigenvalue weighted by molar-refractivity contribution is 5.75. The van der Waals surface area contributed by atoms with Crippen molar-refractivity contribution in [3.8, 4) is 17.2 Å². The van der Waals surface area contributed by atoms with Crippen LogP contribution in [0.2, 0.25) is 0 Å². The fourth-order valence-corrected chi connectivity index (χ4v) is 3.70. The SMILES string of the molecule is C=CCc1ccccc1OCCCn1c(COc2cccc(OC)c2)nc2ccccc21. The molecule has 0 N–H and O–H groups in total. The maximum absolute atomic E-state index is 6.07. The van der Waals surface area contributed by atoms with Gasteiger partial charge in [0.25, 0.3) is 0 Å². The van der Waals surface area contributed by atoms with E-state index in [1.165, 1.54) is 0 Å². The summed E-state index contributed by atoms with van der Waals surface area (Å²) in [5, 5.41) is 0. The van der Waals surface area contributed by atoms with E-state index in [0.29, 0.717) is 13.2 Å². The number of allylic oxidation sites excluding steroid dienone is 1. The molecular weight excluding hydrogens is 400 g/mol. The lowest BCUT2D eigenvalue weighted by molar-refractivity contribution is 0.278. The Kier molecular flexibility index (Phi) is 7.08. The average molecular weight is 429 g/mol. The van der Waals surface area contributed by atoms with E-state index in [-0.39, 0.29) is 0 Å². The third kappa shape index (κ3) is 5.11. The Morgan fingerprint density at radius 2 is 1.75 bits per heavy atom. The van der Waals surface area contributed by atoms with Crippen molar-refractivity contribution in [3.63, 3.8) is 0 Å². The summed E-state index contributed by atoms with van der Waals surface area (Å²) in [4.78, 5) is 4.80. The molecule has 0 aliphatic rings. The lowest BCUT2D eigenvalue weighted by atomic mass is 10.1. The summed E-state index contributed by atoms with van der Waals surface area (Å²) in [6, 6.07) is 23.9. The second kappa shape index (κ2) is 10.5. The first-order valence-electron chi connectivity index (χ1n) is 10.8. The maximum atomic E-state index is 6.07. The van der Waals surface area contributed by atoms with Crippen molar-refractivity contribution in [2.75, 3.05) is 13.7 Å². The van der Waals surface area contributed by atoms with Crippen molar-refractivity contribution < 1.29 is 14.2 Å². The van der Waals surface area contributed by atoms with E-state index in [9.17, 15) is 0 Å². The standard InChI is InChI=1S/C27H28N2O3/c1-3-10-21-11-4-7-16-26(21)31-18-9-17-29-25-15-6-5-14-24(25)28-27(29)20-32-23-13-8-12-22(19-23)30-2/h3-8,11-16,19H,1,9-10,17-18,20H2,2H3. The lowest BCUT2D eigenvalue weighted by Gasteiger charge is -2.13. The highest BCUT2D eigenvalue weighted by atomic mass is 16.5. The van der Waals surface area contributed by atoms with Crippen LogP contribution in [0.4, 0.5) is 0 Å². The van der Waals surface area contributed by atoms with Crippen molar-refractivity contribution in [3.05, 3.63) is 96.8 Å². The van der Waals surface area contributed by atoms with Crippen LogP contribution in [0.1, 0.15) is 17.8 Å². The highest BCUT2D eigenvalue weighted by Crippen LogP contribution is 2.23. The van der Waals surface area contributed by atoms with Crippen LogP contribution in [0.5, 0.6) is 17.2 Å². The van der Waals surface area contributed by atoms with Crippen LogP contribution >= 0.6 is 0 Å². The van der Waals surface area contributed by atoms with E-state index in [1.807, 2.05) is 66.7 Å². The molecule has 0 spiro atoms. The quantitative estimate of drug-likeness (QED) is 0.223. The zero-order chi connectivity index (χ0) is 22.2. The van der Waals surface area contributed by atoms with Gasteiger partial charge in [0.15, 0.2) is 0 Å². The summed E-state index contributed by atoms with van der Waals surface area (Å²) in [7, 11) is 1.65. The van der Waals surface area contributed by atoms with E-state index in [2.05, 4.69) is 23.3 Å². The van der Waals surface area contributed by atoms with Crippen LogP contribution in [-0.4, -0.2) is 23.3 Å². The van der Waals surface area contributed by atoms with Gasteiger partial charge in [-0.05, 0) is 48.7 Å². The van der Waals surface area contributed by atoms with Gasteiger partial charge in [-0.2, -0.15) is 0 Å². The normalized spacial score (nSPS) is 10.8. The van der Waals surface area contributed by atoms with Gasteiger partial charge in [0, 0.05) is 12.6 Å². The van der Waals surface area contributed by atoms with E-state index in [0.717, 1.165) is 59.1 Å². The van der Waals surface area contributed by atoms with Crippen LogP contribution in [0, 0.1) is 0 Å². The van der Waals surface area contributed by atoms with E-state index in [1.54, 1.807) is 7.11 Å². The molecule has 5 heteroatoms. The predicted octanol–water partition coefficient (Wildman–Crippen LogP) is 5.82. The molecule has 5 nitrogen and oxygen atoms in total. The fourth-order valence-electron chi connectivity index (χ4n) is 3.70. The summed E-state index contributed by atoms with van der Waals surface area (Å²) < 4.78 is 19.6.